The summed E-state index contributed by atoms with van der Waals surface area (Å²) in [5, 5.41) is 0. The Morgan fingerprint density at radius 2 is 1.23 bits per heavy atom. The van der Waals surface area contributed by atoms with Gasteiger partial charge in [0.25, 0.3) is 0 Å². The summed E-state index contributed by atoms with van der Waals surface area (Å²) in [6.07, 6.45) is 13.7. The van der Waals surface area contributed by atoms with E-state index < -0.39 is 0 Å². The summed E-state index contributed by atoms with van der Waals surface area (Å²) < 4.78 is 5.74. The lowest BCUT2D eigenvalue weighted by Crippen LogP contribution is -2.25. The number of benzene rings is 1. The van der Waals surface area contributed by atoms with E-state index >= 15 is 0 Å². The van der Waals surface area contributed by atoms with E-state index in [0.29, 0.717) is 0 Å². The van der Waals surface area contributed by atoms with Gasteiger partial charge in [0.15, 0.2) is 0 Å². The number of rotatable bonds is 1. The topological polar surface area (TPSA) is 26.3 Å². The number of hydrogen-bond donors (Lipinski definition) is 0. The summed E-state index contributed by atoms with van der Waals surface area (Å²) >= 11 is 0. The fourth-order valence-electron chi connectivity index (χ4n) is 5.05. The van der Waals surface area contributed by atoms with Crippen LogP contribution in [0.25, 0.3) is 0 Å². The van der Waals surface area contributed by atoms with Crippen LogP contribution in [0.3, 0.4) is 0 Å². The number of esters is 1. The minimum Gasteiger partial charge on any atom is -0.458 e. The fourth-order valence-corrected chi connectivity index (χ4v) is 5.05. The third-order valence-electron chi connectivity index (χ3n) is 5.84. The van der Waals surface area contributed by atoms with E-state index in [1.807, 2.05) is 0 Å². The second-order valence-corrected chi connectivity index (χ2v) is 7.21. The minimum atomic E-state index is -0.125. The Morgan fingerprint density at radius 1 is 0.773 bits per heavy atom. The Kier molecular flexibility index (Phi) is 3.71. The highest BCUT2D eigenvalue weighted by atomic mass is 16.5. The van der Waals surface area contributed by atoms with E-state index in [2.05, 4.69) is 0 Å². The molecule has 0 saturated heterocycles. The molecule has 1 aromatic carbocycles. The van der Waals surface area contributed by atoms with Gasteiger partial charge in [-0.3, -0.25) is 4.79 Å². The highest BCUT2D eigenvalue weighted by molar-refractivity contribution is 5.67. The van der Waals surface area contributed by atoms with Crippen LogP contribution in [-0.4, -0.2) is 5.97 Å². The number of carbonyl (C=O) groups excluding carboxylic acids is 1. The summed E-state index contributed by atoms with van der Waals surface area (Å²) in [5.74, 6) is -0.125. The van der Waals surface area contributed by atoms with Crippen LogP contribution in [0.5, 0.6) is 0 Å². The van der Waals surface area contributed by atoms with Crippen LogP contribution in [0.4, 0.5) is 0 Å². The van der Waals surface area contributed by atoms with Crippen LogP contribution in [0.15, 0.2) is 0 Å². The first-order valence-corrected chi connectivity index (χ1v) is 9.11. The molecule has 22 heavy (non-hydrogen) atoms. The van der Waals surface area contributed by atoms with Crippen LogP contribution in [0, 0.1) is 0 Å². The smallest absolute Gasteiger partial charge is 0.303 e. The molecule has 3 aliphatic carbocycles. The molecule has 0 aliphatic heterocycles. The van der Waals surface area contributed by atoms with Gasteiger partial charge < -0.3 is 4.74 Å². The van der Waals surface area contributed by atoms with E-state index in [9.17, 15) is 4.79 Å². The lowest BCUT2D eigenvalue weighted by Gasteiger charge is -2.36. The van der Waals surface area contributed by atoms with E-state index in [1.54, 1.807) is 34.7 Å². The molecule has 2 heteroatoms. The predicted molar refractivity (Wildman–Crippen MR) is 87.2 cm³/mol. The fraction of sp³-hybridized carbons (Fsp3) is 0.650. The Balaban J connectivity index is 1.91. The number of fused-ring (bicyclic) bond motifs is 6. The van der Waals surface area contributed by atoms with Crippen molar-refractivity contribution in [3.63, 3.8) is 0 Å². The summed E-state index contributed by atoms with van der Waals surface area (Å²) in [5.41, 5.74) is 9.60. The van der Waals surface area contributed by atoms with Gasteiger partial charge in [0, 0.05) is 6.92 Å². The zero-order chi connectivity index (χ0) is 15.1. The number of ether oxygens (including phenoxy) is 1. The minimum absolute atomic E-state index is 0.0281. The molecule has 0 spiro atoms. The van der Waals surface area contributed by atoms with Crippen molar-refractivity contribution in [2.24, 2.45) is 0 Å². The average molecular weight is 298 g/mol. The molecular weight excluding hydrogens is 272 g/mol. The van der Waals surface area contributed by atoms with E-state index in [1.165, 1.54) is 63.4 Å². The van der Waals surface area contributed by atoms with Crippen LogP contribution < -0.4 is 0 Å². The second-order valence-electron chi connectivity index (χ2n) is 7.21. The maximum atomic E-state index is 11.6. The van der Waals surface area contributed by atoms with Gasteiger partial charge >= 0.3 is 5.97 Å². The molecule has 118 valence electrons. The molecule has 2 nitrogen and oxygen atoms in total. The Morgan fingerprint density at radius 3 is 1.77 bits per heavy atom. The van der Waals surface area contributed by atoms with Crippen molar-refractivity contribution in [3.8, 4) is 0 Å². The van der Waals surface area contributed by atoms with Gasteiger partial charge in [-0.2, -0.15) is 0 Å². The van der Waals surface area contributed by atoms with Crippen molar-refractivity contribution in [1.29, 1.82) is 0 Å². The van der Waals surface area contributed by atoms with Gasteiger partial charge in [0.1, 0.15) is 6.10 Å². The number of carbonyl (C=O) groups is 1. The van der Waals surface area contributed by atoms with Gasteiger partial charge in [0.05, 0.1) is 0 Å². The van der Waals surface area contributed by atoms with Gasteiger partial charge in [-0.25, -0.2) is 0 Å². The molecule has 1 unspecified atom stereocenters. The summed E-state index contributed by atoms with van der Waals surface area (Å²) in [4.78, 5) is 11.6. The quantitative estimate of drug-likeness (QED) is 0.719. The van der Waals surface area contributed by atoms with Crippen molar-refractivity contribution < 1.29 is 9.53 Å². The van der Waals surface area contributed by atoms with Crippen molar-refractivity contribution >= 4 is 5.97 Å². The molecule has 0 radical (unpaired) electrons. The van der Waals surface area contributed by atoms with Gasteiger partial charge in [-0.15, -0.1) is 0 Å². The molecule has 3 aliphatic rings. The maximum Gasteiger partial charge on any atom is 0.303 e. The molecule has 4 rings (SSSR count). The van der Waals surface area contributed by atoms with Crippen LogP contribution >= 0.6 is 0 Å². The SMILES string of the molecule is CC(=O)OC1CCCc2c3c(c4c(c21)CCCC4)CCCC3. The van der Waals surface area contributed by atoms with Crippen molar-refractivity contribution in [1.82, 2.24) is 0 Å². The molecule has 0 aromatic heterocycles. The molecule has 0 fully saturated rings. The molecule has 1 atom stereocenters. The summed E-state index contributed by atoms with van der Waals surface area (Å²) in [6, 6.07) is 0. The molecular formula is C20H26O2. The van der Waals surface area contributed by atoms with Crippen LogP contribution in [0.1, 0.15) is 84.9 Å². The highest BCUT2D eigenvalue weighted by Gasteiger charge is 2.33. The lowest BCUT2D eigenvalue weighted by molar-refractivity contribution is -0.147. The Hall–Kier alpha value is -1.31. The van der Waals surface area contributed by atoms with Gasteiger partial charge in [-0.1, -0.05) is 0 Å². The standard InChI is InChI=1S/C20H26O2/c1-13(21)22-19-12-6-11-18-16-8-3-2-7-14(16)15-9-4-5-10-17(15)20(18)19/h19H,2-12H2,1H3. The molecule has 0 saturated carbocycles. The first-order valence-electron chi connectivity index (χ1n) is 9.11. The molecule has 0 N–H and O–H groups in total. The molecule has 0 heterocycles. The van der Waals surface area contributed by atoms with E-state index in [0.717, 1.165) is 12.8 Å². The maximum absolute atomic E-state index is 11.6. The zero-order valence-corrected chi connectivity index (χ0v) is 13.7. The molecule has 1 aromatic rings. The van der Waals surface area contributed by atoms with E-state index in [4.69, 9.17) is 4.74 Å². The molecule has 0 bridgehead atoms. The predicted octanol–water partition coefficient (Wildman–Crippen LogP) is 4.38. The van der Waals surface area contributed by atoms with Crippen molar-refractivity contribution in [2.75, 3.05) is 0 Å². The highest BCUT2D eigenvalue weighted by Crippen LogP contribution is 2.44. The van der Waals surface area contributed by atoms with E-state index in [-0.39, 0.29) is 12.1 Å². The Bertz CT molecular complexity index is 584. The number of hydrogen-bond acceptors (Lipinski definition) is 2. The average Bonchev–Trinajstić information content (AvgIpc) is 2.54. The third kappa shape index (κ3) is 2.28. The van der Waals surface area contributed by atoms with Crippen molar-refractivity contribution in [2.45, 2.75) is 83.7 Å². The summed E-state index contributed by atoms with van der Waals surface area (Å²) in [6.45, 7) is 1.55. The lowest BCUT2D eigenvalue weighted by atomic mass is 9.71. The Labute approximate surface area is 133 Å². The second kappa shape index (κ2) is 5.72. The van der Waals surface area contributed by atoms with Gasteiger partial charge in [-0.05, 0) is 104 Å². The van der Waals surface area contributed by atoms with Crippen LogP contribution in [0.2, 0.25) is 0 Å². The van der Waals surface area contributed by atoms with Crippen LogP contribution in [-0.2, 0) is 41.6 Å². The zero-order valence-electron chi connectivity index (χ0n) is 13.7. The van der Waals surface area contributed by atoms with Crippen molar-refractivity contribution in [3.05, 3.63) is 33.4 Å². The third-order valence-corrected chi connectivity index (χ3v) is 5.84. The summed E-state index contributed by atoms with van der Waals surface area (Å²) in [7, 11) is 0. The monoisotopic (exact) mass is 298 g/mol. The molecule has 0 amide bonds. The normalized spacial score (nSPS) is 23.2. The van der Waals surface area contributed by atoms with Gasteiger partial charge in [0.2, 0.25) is 0 Å². The largest absolute Gasteiger partial charge is 0.458 e. The first-order chi connectivity index (χ1) is 10.8. The first kappa shape index (κ1) is 14.3.